The monoisotopic (exact) mass is 216 g/mol. The minimum atomic E-state index is -0.759. The van der Waals surface area contributed by atoms with Crippen LogP contribution in [-0.2, 0) is 11.2 Å². The van der Waals surface area contributed by atoms with E-state index < -0.39 is 17.7 Å². The van der Waals surface area contributed by atoms with Crippen molar-refractivity contribution in [2.45, 2.75) is 19.4 Å². The van der Waals surface area contributed by atoms with Crippen molar-refractivity contribution in [1.29, 1.82) is 0 Å². The van der Waals surface area contributed by atoms with Crippen LogP contribution >= 0.6 is 0 Å². The summed E-state index contributed by atoms with van der Waals surface area (Å²) in [5.74, 6) is -1.25. The van der Waals surface area contributed by atoms with Crippen molar-refractivity contribution in [2.75, 3.05) is 13.2 Å². The highest BCUT2D eigenvalue weighted by Crippen LogP contribution is 2.11. The Bertz CT molecular complexity index is 315. The molecule has 0 radical (unpaired) electrons. The zero-order valence-electron chi connectivity index (χ0n) is 8.54. The first-order valence-corrected chi connectivity index (χ1v) is 4.83. The summed E-state index contributed by atoms with van der Waals surface area (Å²) in [6, 6.07) is 3.31. The molecule has 1 aromatic carbocycles. The molecule has 2 nitrogen and oxygen atoms in total. The third kappa shape index (κ3) is 3.93. The molecular formula is C11H14F2O2. The number of benzene rings is 1. The van der Waals surface area contributed by atoms with Crippen molar-refractivity contribution in [3.8, 4) is 0 Å². The van der Waals surface area contributed by atoms with Gasteiger partial charge >= 0.3 is 0 Å². The van der Waals surface area contributed by atoms with Gasteiger partial charge in [0.2, 0.25) is 0 Å². The van der Waals surface area contributed by atoms with E-state index in [1.807, 2.05) is 6.92 Å². The summed E-state index contributed by atoms with van der Waals surface area (Å²) in [4.78, 5) is 0. The van der Waals surface area contributed by atoms with Crippen LogP contribution in [0.15, 0.2) is 18.2 Å². The summed E-state index contributed by atoms with van der Waals surface area (Å²) in [6.45, 7) is 2.47. The zero-order valence-corrected chi connectivity index (χ0v) is 8.54. The molecule has 0 fully saturated rings. The van der Waals surface area contributed by atoms with E-state index in [0.717, 1.165) is 6.07 Å². The maximum atomic E-state index is 13.1. The van der Waals surface area contributed by atoms with Crippen molar-refractivity contribution in [1.82, 2.24) is 0 Å². The average Bonchev–Trinajstić information content (AvgIpc) is 2.19. The number of aliphatic hydroxyl groups is 1. The first-order chi connectivity index (χ1) is 7.13. The molecule has 15 heavy (non-hydrogen) atoms. The highest BCUT2D eigenvalue weighted by molar-refractivity contribution is 5.19. The predicted molar refractivity (Wildman–Crippen MR) is 52.6 cm³/mol. The minimum Gasteiger partial charge on any atom is -0.390 e. The number of ether oxygens (including phenoxy) is 1. The molecule has 0 saturated heterocycles. The predicted octanol–water partition coefficient (Wildman–Crippen LogP) is 1.90. The Labute approximate surface area is 87.5 Å². The summed E-state index contributed by atoms with van der Waals surface area (Å²) in [5, 5.41) is 9.44. The lowest BCUT2D eigenvalue weighted by atomic mass is 10.1. The molecule has 0 amide bonds. The fourth-order valence-corrected chi connectivity index (χ4v) is 1.25. The summed E-state index contributed by atoms with van der Waals surface area (Å²) in [5.41, 5.74) is 0.295. The van der Waals surface area contributed by atoms with Crippen molar-refractivity contribution < 1.29 is 18.6 Å². The molecule has 1 N–H and O–H groups in total. The molecular weight excluding hydrogens is 202 g/mol. The Morgan fingerprint density at radius 3 is 2.73 bits per heavy atom. The van der Waals surface area contributed by atoms with Crippen LogP contribution in [-0.4, -0.2) is 24.4 Å². The third-order valence-corrected chi connectivity index (χ3v) is 1.99. The van der Waals surface area contributed by atoms with Crippen LogP contribution in [0.25, 0.3) is 0 Å². The molecule has 0 heterocycles. The topological polar surface area (TPSA) is 29.5 Å². The molecule has 0 spiro atoms. The van der Waals surface area contributed by atoms with Crippen molar-refractivity contribution >= 4 is 0 Å². The second-order valence-electron chi connectivity index (χ2n) is 3.25. The number of hydrogen-bond acceptors (Lipinski definition) is 2. The smallest absolute Gasteiger partial charge is 0.129 e. The van der Waals surface area contributed by atoms with E-state index >= 15 is 0 Å². The lowest BCUT2D eigenvalue weighted by Crippen LogP contribution is -2.18. The fraction of sp³-hybridized carbons (Fsp3) is 0.455. The summed E-state index contributed by atoms with van der Waals surface area (Å²) in [6.07, 6.45) is -0.628. The molecule has 1 rings (SSSR count). The van der Waals surface area contributed by atoms with Crippen LogP contribution in [0.5, 0.6) is 0 Å². The van der Waals surface area contributed by atoms with E-state index in [9.17, 15) is 13.9 Å². The average molecular weight is 216 g/mol. The Kier molecular flexibility index (Phi) is 4.65. The van der Waals surface area contributed by atoms with Crippen LogP contribution in [0.1, 0.15) is 12.5 Å². The number of hydrogen-bond donors (Lipinski definition) is 1. The molecule has 0 bridgehead atoms. The van der Waals surface area contributed by atoms with Gasteiger partial charge in [0, 0.05) is 19.1 Å². The lowest BCUT2D eigenvalue weighted by molar-refractivity contribution is 0.0426. The van der Waals surface area contributed by atoms with Gasteiger partial charge in [0.15, 0.2) is 0 Å². The Morgan fingerprint density at radius 1 is 1.40 bits per heavy atom. The van der Waals surface area contributed by atoms with E-state index in [-0.39, 0.29) is 13.0 Å². The van der Waals surface area contributed by atoms with Gasteiger partial charge in [-0.2, -0.15) is 0 Å². The molecule has 1 unspecified atom stereocenters. The van der Waals surface area contributed by atoms with Gasteiger partial charge in [0.25, 0.3) is 0 Å². The Balaban J connectivity index is 2.56. The molecule has 0 aromatic heterocycles. The van der Waals surface area contributed by atoms with Crippen molar-refractivity contribution in [2.24, 2.45) is 0 Å². The zero-order chi connectivity index (χ0) is 11.3. The standard InChI is InChI=1S/C11H14F2O2/c1-2-15-7-10(14)5-8-3-4-9(12)6-11(8)13/h3-4,6,10,14H,2,5,7H2,1H3. The van der Waals surface area contributed by atoms with Crippen LogP contribution in [0.3, 0.4) is 0 Å². The van der Waals surface area contributed by atoms with Crippen molar-refractivity contribution in [3.05, 3.63) is 35.4 Å². The van der Waals surface area contributed by atoms with Gasteiger partial charge in [0.05, 0.1) is 12.7 Å². The third-order valence-electron chi connectivity index (χ3n) is 1.99. The molecule has 4 heteroatoms. The van der Waals surface area contributed by atoms with E-state index in [1.165, 1.54) is 12.1 Å². The molecule has 0 aliphatic heterocycles. The summed E-state index contributed by atoms with van der Waals surface area (Å²) < 4.78 is 30.7. The Hall–Kier alpha value is -1.00. The second-order valence-corrected chi connectivity index (χ2v) is 3.25. The molecule has 1 atom stereocenters. The normalized spacial score (nSPS) is 12.8. The van der Waals surface area contributed by atoms with Gasteiger partial charge in [-0.3, -0.25) is 0 Å². The largest absolute Gasteiger partial charge is 0.390 e. The van der Waals surface area contributed by atoms with Gasteiger partial charge in [-0.1, -0.05) is 6.07 Å². The Morgan fingerprint density at radius 2 is 2.13 bits per heavy atom. The van der Waals surface area contributed by atoms with Crippen LogP contribution < -0.4 is 0 Å². The number of aliphatic hydroxyl groups excluding tert-OH is 1. The van der Waals surface area contributed by atoms with Crippen LogP contribution in [0, 0.1) is 11.6 Å². The van der Waals surface area contributed by atoms with Crippen LogP contribution in [0.4, 0.5) is 8.78 Å². The second kappa shape index (κ2) is 5.78. The quantitative estimate of drug-likeness (QED) is 0.814. The number of halogens is 2. The molecule has 0 aliphatic rings. The SMILES string of the molecule is CCOCC(O)Cc1ccc(F)cc1F. The lowest BCUT2D eigenvalue weighted by Gasteiger charge is -2.10. The molecule has 0 aliphatic carbocycles. The fourth-order valence-electron chi connectivity index (χ4n) is 1.25. The maximum Gasteiger partial charge on any atom is 0.129 e. The van der Waals surface area contributed by atoms with Gasteiger partial charge in [-0.15, -0.1) is 0 Å². The molecule has 84 valence electrons. The summed E-state index contributed by atoms with van der Waals surface area (Å²) in [7, 11) is 0. The highest BCUT2D eigenvalue weighted by Gasteiger charge is 2.10. The van der Waals surface area contributed by atoms with E-state index in [4.69, 9.17) is 4.74 Å². The summed E-state index contributed by atoms with van der Waals surface area (Å²) >= 11 is 0. The van der Waals surface area contributed by atoms with Gasteiger partial charge in [-0.05, 0) is 18.6 Å². The first-order valence-electron chi connectivity index (χ1n) is 4.83. The van der Waals surface area contributed by atoms with Crippen LogP contribution in [0.2, 0.25) is 0 Å². The van der Waals surface area contributed by atoms with E-state index in [2.05, 4.69) is 0 Å². The first kappa shape index (κ1) is 12.1. The minimum absolute atomic E-state index is 0.131. The maximum absolute atomic E-state index is 13.1. The van der Waals surface area contributed by atoms with Gasteiger partial charge in [-0.25, -0.2) is 8.78 Å². The molecule has 1 aromatic rings. The van der Waals surface area contributed by atoms with Crippen molar-refractivity contribution in [3.63, 3.8) is 0 Å². The highest BCUT2D eigenvalue weighted by atomic mass is 19.1. The van der Waals surface area contributed by atoms with E-state index in [1.54, 1.807) is 0 Å². The van der Waals surface area contributed by atoms with E-state index in [0.29, 0.717) is 12.2 Å². The molecule has 0 saturated carbocycles. The number of rotatable bonds is 5. The van der Waals surface area contributed by atoms with Gasteiger partial charge < -0.3 is 9.84 Å². The van der Waals surface area contributed by atoms with Gasteiger partial charge in [0.1, 0.15) is 11.6 Å².